The summed E-state index contributed by atoms with van der Waals surface area (Å²) in [7, 11) is 0. The van der Waals surface area contributed by atoms with E-state index in [4.69, 9.17) is 11.3 Å². The van der Waals surface area contributed by atoms with Gasteiger partial charge in [-0.25, -0.2) is 4.85 Å². The molecule has 0 atom stereocenters. The Bertz CT molecular complexity index is 489. The average molecular weight is 306 g/mol. The monoisotopic (exact) mass is 305 g/mol. The summed E-state index contributed by atoms with van der Waals surface area (Å²) in [6, 6.07) is 1.78. The van der Waals surface area contributed by atoms with Crippen LogP contribution < -0.4 is 4.74 Å². The molecule has 0 N–H and O–H groups in total. The fraction of sp³-hybridized carbons (Fsp3) is 0.364. The Morgan fingerprint density at radius 2 is 2.00 bits per heavy atom. The molecule has 0 radical (unpaired) electrons. The zero-order valence-electron chi connectivity index (χ0n) is 8.51. The molecule has 1 aliphatic carbocycles. The molecule has 0 bridgehead atoms. The molecule has 0 heterocycles. The minimum absolute atomic E-state index is 0.00389. The van der Waals surface area contributed by atoms with E-state index in [2.05, 4.69) is 20.8 Å². The number of alkyl halides is 3. The molecule has 0 saturated heterocycles. The van der Waals surface area contributed by atoms with E-state index in [1.54, 1.807) is 0 Å². The molecule has 1 aliphatic rings. The van der Waals surface area contributed by atoms with Crippen LogP contribution in [0.1, 0.15) is 18.4 Å². The van der Waals surface area contributed by atoms with Crippen molar-refractivity contribution in [1.29, 1.82) is 0 Å². The molecule has 6 heteroatoms. The van der Waals surface area contributed by atoms with Crippen molar-refractivity contribution in [2.45, 2.75) is 25.1 Å². The van der Waals surface area contributed by atoms with E-state index in [1.165, 1.54) is 0 Å². The normalized spacial score (nSPS) is 15.5. The molecule has 0 aromatic heterocycles. The summed E-state index contributed by atoms with van der Waals surface area (Å²) < 4.78 is 43.2. The number of nitrogens with zero attached hydrogens (tertiary/aromatic N) is 1. The van der Waals surface area contributed by atoms with E-state index in [0.29, 0.717) is 0 Å². The number of benzene rings is 1. The zero-order valence-corrected chi connectivity index (χ0v) is 10.1. The second-order valence-electron chi connectivity index (χ2n) is 3.73. The minimum Gasteiger partial charge on any atom is -0.501 e. The molecule has 2 nitrogen and oxygen atoms in total. The predicted octanol–water partition coefficient (Wildman–Crippen LogP) is 4.56. The first-order chi connectivity index (χ1) is 7.91. The highest BCUT2D eigenvalue weighted by molar-refractivity contribution is 9.10. The SMILES string of the molecule is [C-]#[N+]c1c(Br)cc(C(F)(F)F)cc1OC1CC1. The summed E-state index contributed by atoms with van der Waals surface area (Å²) in [6.45, 7) is 6.95. The molecule has 1 aromatic rings. The van der Waals surface area contributed by atoms with Gasteiger partial charge >= 0.3 is 6.18 Å². The van der Waals surface area contributed by atoms with Gasteiger partial charge in [0.25, 0.3) is 0 Å². The van der Waals surface area contributed by atoms with E-state index in [9.17, 15) is 13.2 Å². The summed E-state index contributed by atoms with van der Waals surface area (Å²) in [5.74, 6) is 0.00389. The van der Waals surface area contributed by atoms with Crippen LogP contribution in [0, 0.1) is 6.57 Å². The van der Waals surface area contributed by atoms with Gasteiger partial charge in [0.2, 0.25) is 5.69 Å². The van der Waals surface area contributed by atoms with Crippen LogP contribution in [0.25, 0.3) is 4.85 Å². The Morgan fingerprint density at radius 3 is 2.47 bits per heavy atom. The van der Waals surface area contributed by atoms with Crippen LogP contribution in [0.2, 0.25) is 0 Å². The fourth-order valence-electron chi connectivity index (χ4n) is 1.30. The van der Waals surface area contributed by atoms with E-state index in [0.717, 1.165) is 25.0 Å². The Kier molecular flexibility index (Phi) is 3.04. The molecule has 0 aliphatic heterocycles. The molecule has 1 aromatic carbocycles. The van der Waals surface area contributed by atoms with E-state index >= 15 is 0 Å². The first kappa shape index (κ1) is 12.2. The lowest BCUT2D eigenvalue weighted by molar-refractivity contribution is -0.137. The second kappa shape index (κ2) is 4.22. The average Bonchev–Trinajstić information content (AvgIpc) is 3.00. The molecule has 0 unspecified atom stereocenters. The number of hydrogen-bond acceptors (Lipinski definition) is 1. The first-order valence-electron chi connectivity index (χ1n) is 4.86. The molecule has 90 valence electrons. The van der Waals surface area contributed by atoms with Crippen LogP contribution in [0.15, 0.2) is 16.6 Å². The van der Waals surface area contributed by atoms with Gasteiger partial charge in [0, 0.05) is 4.47 Å². The molecule has 1 saturated carbocycles. The summed E-state index contributed by atoms with van der Waals surface area (Å²) in [5.41, 5.74) is -0.725. The highest BCUT2D eigenvalue weighted by Crippen LogP contribution is 2.43. The van der Waals surface area contributed by atoms with Crippen LogP contribution >= 0.6 is 15.9 Å². The zero-order chi connectivity index (χ0) is 12.6. The van der Waals surface area contributed by atoms with Gasteiger partial charge in [-0.3, -0.25) is 0 Å². The summed E-state index contributed by atoms with van der Waals surface area (Å²) in [6.07, 6.45) is -2.84. The van der Waals surface area contributed by atoms with Crippen molar-refractivity contribution in [2.75, 3.05) is 0 Å². The largest absolute Gasteiger partial charge is 0.501 e. The summed E-state index contributed by atoms with van der Waals surface area (Å²) in [5, 5.41) is 0. The molecular formula is C11H7BrF3NO. The first-order valence-corrected chi connectivity index (χ1v) is 5.66. The van der Waals surface area contributed by atoms with E-state index in [-0.39, 0.29) is 22.0 Å². The van der Waals surface area contributed by atoms with Crippen LogP contribution in [0.3, 0.4) is 0 Å². The maximum Gasteiger partial charge on any atom is 0.416 e. The minimum atomic E-state index is -4.44. The van der Waals surface area contributed by atoms with Crippen molar-refractivity contribution >= 4 is 21.6 Å². The third-order valence-corrected chi connectivity index (χ3v) is 2.89. The van der Waals surface area contributed by atoms with Gasteiger partial charge in [-0.1, -0.05) is 15.9 Å². The third kappa shape index (κ3) is 2.72. The van der Waals surface area contributed by atoms with Crippen molar-refractivity contribution in [3.63, 3.8) is 0 Å². The van der Waals surface area contributed by atoms with Crippen LogP contribution in [-0.2, 0) is 6.18 Å². The predicted molar refractivity (Wildman–Crippen MR) is 59.1 cm³/mol. The fourth-order valence-corrected chi connectivity index (χ4v) is 1.83. The smallest absolute Gasteiger partial charge is 0.416 e. The van der Waals surface area contributed by atoms with Gasteiger partial charge in [0.1, 0.15) is 5.75 Å². The maximum atomic E-state index is 12.6. The second-order valence-corrected chi connectivity index (χ2v) is 4.59. The van der Waals surface area contributed by atoms with Crippen molar-refractivity contribution in [2.24, 2.45) is 0 Å². The van der Waals surface area contributed by atoms with Gasteiger partial charge in [0.05, 0.1) is 18.2 Å². The Balaban J connectivity index is 2.46. The summed E-state index contributed by atoms with van der Waals surface area (Å²) in [4.78, 5) is 3.18. The molecule has 0 amide bonds. The van der Waals surface area contributed by atoms with Crippen molar-refractivity contribution < 1.29 is 17.9 Å². The van der Waals surface area contributed by atoms with Crippen molar-refractivity contribution in [3.05, 3.63) is 33.6 Å². The molecule has 1 fully saturated rings. The van der Waals surface area contributed by atoms with Crippen LogP contribution in [0.4, 0.5) is 18.9 Å². The lowest BCUT2D eigenvalue weighted by atomic mass is 10.2. The Morgan fingerprint density at radius 1 is 1.35 bits per heavy atom. The van der Waals surface area contributed by atoms with E-state index in [1.807, 2.05) is 0 Å². The third-order valence-electron chi connectivity index (χ3n) is 2.29. The van der Waals surface area contributed by atoms with Crippen LogP contribution in [-0.4, -0.2) is 6.10 Å². The number of hydrogen-bond donors (Lipinski definition) is 0. The molecule has 17 heavy (non-hydrogen) atoms. The van der Waals surface area contributed by atoms with Gasteiger partial charge in [-0.2, -0.15) is 13.2 Å². The van der Waals surface area contributed by atoms with Gasteiger partial charge in [-0.15, -0.1) is 0 Å². The highest BCUT2D eigenvalue weighted by atomic mass is 79.9. The molecule has 2 rings (SSSR count). The van der Waals surface area contributed by atoms with Crippen molar-refractivity contribution in [3.8, 4) is 5.75 Å². The van der Waals surface area contributed by atoms with Gasteiger partial charge in [0.15, 0.2) is 0 Å². The lowest BCUT2D eigenvalue weighted by Crippen LogP contribution is -2.06. The maximum absolute atomic E-state index is 12.6. The molecular weight excluding hydrogens is 299 g/mol. The van der Waals surface area contributed by atoms with Crippen LogP contribution in [0.5, 0.6) is 5.75 Å². The van der Waals surface area contributed by atoms with Gasteiger partial charge in [-0.05, 0) is 25.0 Å². The quantitative estimate of drug-likeness (QED) is 0.730. The number of halogens is 4. The van der Waals surface area contributed by atoms with Crippen molar-refractivity contribution in [1.82, 2.24) is 0 Å². The van der Waals surface area contributed by atoms with Gasteiger partial charge < -0.3 is 4.74 Å². The van der Waals surface area contributed by atoms with E-state index < -0.39 is 11.7 Å². The standard InChI is InChI=1S/C11H7BrF3NO/c1-16-10-8(12)4-6(11(13,14)15)5-9(10)17-7-2-3-7/h4-5,7H,2-3H2. The molecule has 0 spiro atoms. The topological polar surface area (TPSA) is 13.6 Å². The highest BCUT2D eigenvalue weighted by Gasteiger charge is 2.33. The lowest BCUT2D eigenvalue weighted by Gasteiger charge is -2.13. The number of rotatable bonds is 2. The summed E-state index contributed by atoms with van der Waals surface area (Å²) >= 11 is 2.97. The Labute approximate surface area is 104 Å². The number of ether oxygens (including phenoxy) is 1. The Hall–Kier alpha value is -1.22.